The van der Waals surface area contributed by atoms with Crippen LogP contribution in [0.5, 0.6) is 0 Å². The average molecular weight is 210 g/mol. The van der Waals surface area contributed by atoms with Crippen molar-refractivity contribution in [3.8, 4) is 6.07 Å². The number of likely N-dealkylation sites (N-methyl/N-ethyl adjacent to an activating group) is 2. The van der Waals surface area contributed by atoms with E-state index in [-0.39, 0.29) is 6.04 Å². The van der Waals surface area contributed by atoms with E-state index in [4.69, 9.17) is 5.26 Å². The van der Waals surface area contributed by atoms with Crippen molar-refractivity contribution in [2.24, 2.45) is 0 Å². The van der Waals surface area contributed by atoms with Crippen molar-refractivity contribution in [3.63, 3.8) is 0 Å². The lowest BCUT2D eigenvalue weighted by atomic mass is 10.2. The molecule has 0 aromatic heterocycles. The first-order valence-electron chi connectivity index (χ1n) is 5.87. The van der Waals surface area contributed by atoms with Crippen molar-refractivity contribution in [1.82, 2.24) is 15.1 Å². The minimum Gasteiger partial charge on any atom is -0.301 e. The molecule has 0 aromatic rings. The Morgan fingerprint density at radius 3 is 2.27 bits per heavy atom. The number of hydrogen-bond donors (Lipinski definition) is 1. The minimum atomic E-state index is -0.0109. The number of piperazine rings is 1. The van der Waals surface area contributed by atoms with Crippen LogP contribution < -0.4 is 5.32 Å². The Balaban J connectivity index is 2.25. The third-order valence-corrected chi connectivity index (χ3v) is 2.96. The van der Waals surface area contributed by atoms with Gasteiger partial charge in [-0.25, -0.2) is 0 Å². The highest BCUT2D eigenvalue weighted by molar-refractivity contribution is 4.92. The summed E-state index contributed by atoms with van der Waals surface area (Å²) in [5, 5.41) is 12.1. The van der Waals surface area contributed by atoms with Gasteiger partial charge in [-0.05, 0) is 13.1 Å². The van der Waals surface area contributed by atoms with E-state index < -0.39 is 0 Å². The van der Waals surface area contributed by atoms with Crippen molar-refractivity contribution in [3.05, 3.63) is 0 Å². The standard InChI is InChI=1S/C11H22N4/c1-3-13-11(9-12)10-15-7-5-14(4-2)6-8-15/h11,13H,3-8,10H2,1-2H3. The predicted octanol–water partition coefficient (Wildman–Crippen LogP) is 0.126. The summed E-state index contributed by atoms with van der Waals surface area (Å²) in [7, 11) is 0. The summed E-state index contributed by atoms with van der Waals surface area (Å²) in [5.74, 6) is 0. The summed E-state index contributed by atoms with van der Waals surface area (Å²) >= 11 is 0. The van der Waals surface area contributed by atoms with Crippen molar-refractivity contribution in [1.29, 1.82) is 5.26 Å². The lowest BCUT2D eigenvalue weighted by molar-refractivity contribution is 0.133. The third kappa shape index (κ3) is 4.17. The van der Waals surface area contributed by atoms with E-state index in [2.05, 4.69) is 28.1 Å². The molecule has 1 unspecified atom stereocenters. The van der Waals surface area contributed by atoms with Crippen LogP contribution in [-0.2, 0) is 0 Å². The van der Waals surface area contributed by atoms with Crippen LogP contribution in [0.3, 0.4) is 0 Å². The Morgan fingerprint density at radius 1 is 1.20 bits per heavy atom. The second kappa shape index (κ2) is 6.78. The van der Waals surface area contributed by atoms with Crippen molar-refractivity contribution in [2.75, 3.05) is 45.8 Å². The van der Waals surface area contributed by atoms with Gasteiger partial charge in [-0.2, -0.15) is 5.26 Å². The number of nitriles is 1. The molecule has 1 aliphatic rings. The Morgan fingerprint density at radius 2 is 1.80 bits per heavy atom. The van der Waals surface area contributed by atoms with Crippen LogP contribution in [0.15, 0.2) is 0 Å². The Hall–Kier alpha value is -0.630. The topological polar surface area (TPSA) is 42.3 Å². The zero-order chi connectivity index (χ0) is 11.1. The molecule has 1 N–H and O–H groups in total. The molecule has 0 bridgehead atoms. The van der Waals surface area contributed by atoms with Gasteiger partial charge < -0.3 is 10.2 Å². The fraction of sp³-hybridized carbons (Fsp3) is 0.909. The van der Waals surface area contributed by atoms with Gasteiger partial charge in [0.25, 0.3) is 0 Å². The normalized spacial score (nSPS) is 21.1. The highest BCUT2D eigenvalue weighted by Gasteiger charge is 2.18. The van der Waals surface area contributed by atoms with E-state index in [1.807, 2.05) is 6.92 Å². The van der Waals surface area contributed by atoms with Crippen LogP contribution in [0.4, 0.5) is 0 Å². The molecule has 15 heavy (non-hydrogen) atoms. The summed E-state index contributed by atoms with van der Waals surface area (Å²) < 4.78 is 0. The van der Waals surface area contributed by atoms with Gasteiger partial charge in [-0.3, -0.25) is 4.90 Å². The Kier molecular flexibility index (Phi) is 5.62. The molecule has 1 fully saturated rings. The van der Waals surface area contributed by atoms with Gasteiger partial charge in [-0.1, -0.05) is 13.8 Å². The zero-order valence-electron chi connectivity index (χ0n) is 9.87. The van der Waals surface area contributed by atoms with Crippen LogP contribution in [0.2, 0.25) is 0 Å². The molecular weight excluding hydrogens is 188 g/mol. The summed E-state index contributed by atoms with van der Waals surface area (Å²) in [6, 6.07) is 2.30. The smallest absolute Gasteiger partial charge is 0.108 e. The van der Waals surface area contributed by atoms with Gasteiger partial charge in [-0.15, -0.1) is 0 Å². The molecule has 1 saturated heterocycles. The van der Waals surface area contributed by atoms with Gasteiger partial charge in [0.1, 0.15) is 6.04 Å². The fourth-order valence-electron chi connectivity index (χ4n) is 1.94. The third-order valence-electron chi connectivity index (χ3n) is 2.96. The monoisotopic (exact) mass is 210 g/mol. The highest BCUT2D eigenvalue weighted by Crippen LogP contribution is 2.01. The lowest BCUT2D eigenvalue weighted by Gasteiger charge is -2.34. The van der Waals surface area contributed by atoms with E-state index in [0.717, 1.165) is 45.8 Å². The van der Waals surface area contributed by atoms with E-state index in [0.29, 0.717) is 0 Å². The molecule has 0 spiro atoms. The van der Waals surface area contributed by atoms with Crippen molar-refractivity contribution < 1.29 is 0 Å². The maximum Gasteiger partial charge on any atom is 0.108 e. The molecule has 1 atom stereocenters. The molecule has 4 nitrogen and oxygen atoms in total. The van der Waals surface area contributed by atoms with E-state index in [1.54, 1.807) is 0 Å². The molecule has 0 aliphatic carbocycles. The van der Waals surface area contributed by atoms with Gasteiger partial charge >= 0.3 is 0 Å². The molecule has 86 valence electrons. The molecular formula is C11H22N4. The molecule has 4 heteroatoms. The first kappa shape index (κ1) is 12.4. The lowest BCUT2D eigenvalue weighted by Crippen LogP contribution is -2.50. The average Bonchev–Trinajstić information content (AvgIpc) is 2.29. The predicted molar refractivity (Wildman–Crippen MR) is 61.6 cm³/mol. The van der Waals surface area contributed by atoms with Gasteiger partial charge in [0, 0.05) is 32.7 Å². The summed E-state index contributed by atoms with van der Waals surface area (Å²) in [6.07, 6.45) is 0. The SMILES string of the molecule is CCNC(C#N)CN1CCN(CC)CC1. The minimum absolute atomic E-state index is 0.0109. The molecule has 0 radical (unpaired) electrons. The maximum absolute atomic E-state index is 8.94. The largest absolute Gasteiger partial charge is 0.301 e. The molecule has 0 amide bonds. The van der Waals surface area contributed by atoms with E-state index in [9.17, 15) is 0 Å². The zero-order valence-corrected chi connectivity index (χ0v) is 9.87. The summed E-state index contributed by atoms with van der Waals surface area (Å²) in [5.41, 5.74) is 0. The van der Waals surface area contributed by atoms with Gasteiger partial charge in [0.15, 0.2) is 0 Å². The van der Waals surface area contributed by atoms with Gasteiger partial charge in [0.05, 0.1) is 6.07 Å². The molecule has 1 rings (SSSR count). The van der Waals surface area contributed by atoms with Crippen LogP contribution in [-0.4, -0.2) is 61.7 Å². The second-order valence-corrected chi connectivity index (χ2v) is 3.97. The van der Waals surface area contributed by atoms with Crippen LogP contribution >= 0.6 is 0 Å². The van der Waals surface area contributed by atoms with Crippen LogP contribution in [0, 0.1) is 11.3 Å². The number of nitrogens with one attached hydrogen (secondary N) is 1. The van der Waals surface area contributed by atoms with Crippen molar-refractivity contribution >= 4 is 0 Å². The first-order valence-corrected chi connectivity index (χ1v) is 5.87. The summed E-state index contributed by atoms with van der Waals surface area (Å²) in [6.45, 7) is 11.6. The molecule has 1 aliphatic heterocycles. The summed E-state index contributed by atoms with van der Waals surface area (Å²) in [4.78, 5) is 4.83. The number of hydrogen-bond acceptors (Lipinski definition) is 4. The van der Waals surface area contributed by atoms with Gasteiger partial charge in [0.2, 0.25) is 0 Å². The van der Waals surface area contributed by atoms with Crippen molar-refractivity contribution in [2.45, 2.75) is 19.9 Å². The number of rotatable bonds is 5. The quantitative estimate of drug-likeness (QED) is 0.700. The van der Waals surface area contributed by atoms with E-state index in [1.165, 1.54) is 0 Å². The molecule has 0 aromatic carbocycles. The molecule has 1 heterocycles. The first-order chi connectivity index (χ1) is 7.30. The highest BCUT2D eigenvalue weighted by atomic mass is 15.3. The van der Waals surface area contributed by atoms with E-state index >= 15 is 0 Å². The van der Waals surface area contributed by atoms with Crippen LogP contribution in [0.25, 0.3) is 0 Å². The van der Waals surface area contributed by atoms with Crippen LogP contribution in [0.1, 0.15) is 13.8 Å². The molecule has 0 saturated carbocycles. The Bertz CT molecular complexity index is 203. The maximum atomic E-state index is 8.94. The number of nitrogens with zero attached hydrogens (tertiary/aromatic N) is 3. The second-order valence-electron chi connectivity index (χ2n) is 3.97. The Labute approximate surface area is 92.8 Å². The fourth-order valence-corrected chi connectivity index (χ4v) is 1.94.